The third-order valence-corrected chi connectivity index (χ3v) is 6.99. The number of nitrogens with one attached hydrogen (secondary N) is 2. The SMILES string of the molecule is CC[C@H](C)[C@@H](NC(=O)CNC(=O)CCc1c(C)c2cc3c(C(C)(C)C)coc3c(C)c2oc1=O)C(=O)O. The number of carbonyl (C=O) groups is 3. The van der Waals surface area contributed by atoms with Crippen LogP contribution in [0.25, 0.3) is 21.9 Å². The van der Waals surface area contributed by atoms with Gasteiger partial charge in [0.05, 0.1) is 12.8 Å². The smallest absolute Gasteiger partial charge is 0.339 e. The number of carboxylic acids is 1. The maximum absolute atomic E-state index is 12.8. The van der Waals surface area contributed by atoms with Gasteiger partial charge in [0, 0.05) is 33.9 Å². The highest BCUT2D eigenvalue weighted by Gasteiger charge is 2.26. The molecule has 2 aromatic heterocycles. The molecule has 0 radical (unpaired) electrons. The molecule has 0 saturated heterocycles. The summed E-state index contributed by atoms with van der Waals surface area (Å²) in [7, 11) is 0. The Morgan fingerprint density at radius 3 is 2.32 bits per heavy atom. The van der Waals surface area contributed by atoms with Crippen LogP contribution in [-0.2, 0) is 26.2 Å². The molecule has 0 saturated carbocycles. The molecule has 1 aromatic carbocycles. The number of amides is 2. The minimum Gasteiger partial charge on any atom is -0.480 e. The number of aryl methyl sites for hydroxylation is 2. The number of hydrogen-bond acceptors (Lipinski definition) is 6. The molecule has 0 bridgehead atoms. The van der Waals surface area contributed by atoms with Crippen LogP contribution in [0.2, 0.25) is 0 Å². The predicted octanol–water partition coefficient (Wildman–Crippen LogP) is 4.12. The minimum atomic E-state index is -1.12. The lowest BCUT2D eigenvalue weighted by atomic mass is 9.86. The molecule has 0 fully saturated rings. The standard InChI is InChI=1S/C28H36N2O7/c1-8-14(2)23(26(33)34)30-22(32)12-29-21(31)10-9-17-15(3)18-11-19-20(28(5,6)7)13-36-24(19)16(4)25(18)37-27(17)35/h11,13-14,23H,8-10,12H2,1-7H3,(H,29,31)(H,30,32)(H,33,34)/t14-,23+/m0/s1. The molecule has 0 aliphatic rings. The van der Waals surface area contributed by atoms with Crippen LogP contribution < -0.4 is 16.3 Å². The summed E-state index contributed by atoms with van der Waals surface area (Å²) in [5.41, 5.74) is 3.42. The second kappa shape index (κ2) is 10.8. The molecule has 0 aliphatic heterocycles. The topological polar surface area (TPSA) is 139 Å². The van der Waals surface area contributed by atoms with Crippen molar-refractivity contribution >= 4 is 39.7 Å². The van der Waals surface area contributed by atoms with E-state index in [4.69, 9.17) is 8.83 Å². The Morgan fingerprint density at radius 2 is 1.73 bits per heavy atom. The summed E-state index contributed by atoms with van der Waals surface area (Å²) < 4.78 is 11.5. The van der Waals surface area contributed by atoms with Crippen molar-refractivity contribution in [3.05, 3.63) is 45.0 Å². The number of carbonyl (C=O) groups excluding carboxylic acids is 2. The Hall–Kier alpha value is -3.62. The van der Waals surface area contributed by atoms with Gasteiger partial charge in [-0.15, -0.1) is 0 Å². The van der Waals surface area contributed by atoms with E-state index >= 15 is 0 Å². The molecule has 2 amide bonds. The first-order valence-corrected chi connectivity index (χ1v) is 12.5. The van der Waals surface area contributed by atoms with E-state index in [0.717, 1.165) is 27.5 Å². The van der Waals surface area contributed by atoms with Gasteiger partial charge in [-0.2, -0.15) is 0 Å². The fourth-order valence-corrected chi connectivity index (χ4v) is 4.48. The third kappa shape index (κ3) is 5.87. The zero-order chi connectivity index (χ0) is 27.7. The van der Waals surface area contributed by atoms with E-state index < -0.39 is 29.5 Å². The van der Waals surface area contributed by atoms with Crippen molar-refractivity contribution in [2.24, 2.45) is 5.92 Å². The summed E-state index contributed by atoms with van der Waals surface area (Å²) in [6, 6.07) is 0.952. The highest BCUT2D eigenvalue weighted by molar-refractivity contribution is 6.00. The number of rotatable bonds is 9. The lowest BCUT2D eigenvalue weighted by Crippen LogP contribution is -2.48. The maximum atomic E-state index is 12.8. The Bertz CT molecular complexity index is 1410. The molecule has 2 heterocycles. The molecule has 3 aromatic rings. The van der Waals surface area contributed by atoms with E-state index in [9.17, 15) is 24.3 Å². The van der Waals surface area contributed by atoms with Gasteiger partial charge < -0.3 is 24.6 Å². The van der Waals surface area contributed by atoms with Gasteiger partial charge >= 0.3 is 11.6 Å². The van der Waals surface area contributed by atoms with Crippen LogP contribution >= 0.6 is 0 Å². The average Bonchev–Trinajstić information content (AvgIpc) is 3.26. The lowest BCUT2D eigenvalue weighted by molar-refractivity contribution is -0.143. The summed E-state index contributed by atoms with van der Waals surface area (Å²) >= 11 is 0. The third-order valence-electron chi connectivity index (χ3n) is 6.99. The van der Waals surface area contributed by atoms with Gasteiger partial charge in [0.1, 0.15) is 17.2 Å². The van der Waals surface area contributed by atoms with E-state index in [1.165, 1.54) is 0 Å². The quantitative estimate of drug-likeness (QED) is 0.367. The number of hydrogen-bond donors (Lipinski definition) is 3. The van der Waals surface area contributed by atoms with Crippen molar-refractivity contribution in [3.8, 4) is 0 Å². The van der Waals surface area contributed by atoms with Crippen LogP contribution in [0.4, 0.5) is 0 Å². The molecule has 0 spiro atoms. The molecule has 0 aliphatic carbocycles. The van der Waals surface area contributed by atoms with Gasteiger partial charge in [-0.05, 0) is 43.2 Å². The van der Waals surface area contributed by atoms with Crippen LogP contribution in [0.15, 0.2) is 26.0 Å². The van der Waals surface area contributed by atoms with E-state index in [2.05, 4.69) is 31.4 Å². The minimum absolute atomic E-state index is 0.0295. The fourth-order valence-electron chi connectivity index (χ4n) is 4.48. The number of fused-ring (bicyclic) bond motifs is 2. The normalized spacial score (nSPS) is 13.5. The highest BCUT2D eigenvalue weighted by Crippen LogP contribution is 2.37. The summed E-state index contributed by atoms with van der Waals surface area (Å²) in [6.45, 7) is 13.2. The molecule has 9 nitrogen and oxygen atoms in total. The van der Waals surface area contributed by atoms with Gasteiger partial charge in [-0.1, -0.05) is 41.0 Å². The molecule has 2 atom stereocenters. The monoisotopic (exact) mass is 512 g/mol. The summed E-state index contributed by atoms with van der Waals surface area (Å²) in [6.07, 6.45) is 2.43. The molecular formula is C28H36N2O7. The fraction of sp³-hybridized carbons (Fsp3) is 0.500. The van der Waals surface area contributed by atoms with Crippen LogP contribution in [0.3, 0.4) is 0 Å². The van der Waals surface area contributed by atoms with Crippen molar-refractivity contribution in [2.75, 3.05) is 6.54 Å². The number of aliphatic carboxylic acids is 1. The molecular weight excluding hydrogens is 476 g/mol. The second-order valence-corrected chi connectivity index (χ2v) is 10.7. The maximum Gasteiger partial charge on any atom is 0.339 e. The predicted molar refractivity (Wildman–Crippen MR) is 141 cm³/mol. The van der Waals surface area contributed by atoms with E-state index in [-0.39, 0.29) is 30.7 Å². The van der Waals surface area contributed by atoms with E-state index in [0.29, 0.717) is 23.2 Å². The number of benzene rings is 1. The molecule has 0 unspecified atom stereocenters. The van der Waals surface area contributed by atoms with Crippen LogP contribution in [0.1, 0.15) is 69.7 Å². The van der Waals surface area contributed by atoms with Crippen LogP contribution in [0, 0.1) is 19.8 Å². The Labute approximate surface area is 215 Å². The van der Waals surface area contributed by atoms with Crippen LogP contribution in [-0.4, -0.2) is 35.5 Å². The Balaban J connectivity index is 1.76. The zero-order valence-electron chi connectivity index (χ0n) is 22.5. The van der Waals surface area contributed by atoms with Gasteiger partial charge in [-0.25, -0.2) is 9.59 Å². The lowest BCUT2D eigenvalue weighted by Gasteiger charge is -2.20. The number of furan rings is 1. The first-order valence-electron chi connectivity index (χ1n) is 12.5. The number of carboxylic acid groups (broad SMARTS) is 1. The Kier molecular flexibility index (Phi) is 8.15. The van der Waals surface area contributed by atoms with E-state index in [1.807, 2.05) is 26.8 Å². The average molecular weight is 513 g/mol. The van der Waals surface area contributed by atoms with Crippen molar-refractivity contribution < 1.29 is 28.3 Å². The molecule has 37 heavy (non-hydrogen) atoms. The second-order valence-electron chi connectivity index (χ2n) is 10.7. The van der Waals surface area contributed by atoms with Crippen molar-refractivity contribution in [1.82, 2.24) is 10.6 Å². The first-order chi connectivity index (χ1) is 17.3. The summed E-state index contributed by atoms with van der Waals surface area (Å²) in [4.78, 5) is 48.8. The first kappa shape index (κ1) is 28.0. The summed E-state index contributed by atoms with van der Waals surface area (Å²) in [5, 5.41) is 16.0. The van der Waals surface area contributed by atoms with Crippen molar-refractivity contribution in [1.29, 1.82) is 0 Å². The van der Waals surface area contributed by atoms with Gasteiger partial charge in [0.2, 0.25) is 11.8 Å². The van der Waals surface area contributed by atoms with E-state index in [1.54, 1.807) is 13.2 Å². The zero-order valence-corrected chi connectivity index (χ0v) is 22.5. The van der Waals surface area contributed by atoms with Crippen LogP contribution in [0.5, 0.6) is 0 Å². The highest BCUT2D eigenvalue weighted by atomic mass is 16.4. The largest absolute Gasteiger partial charge is 0.480 e. The van der Waals surface area contributed by atoms with Gasteiger partial charge in [0.15, 0.2) is 0 Å². The molecule has 3 rings (SSSR count). The Morgan fingerprint density at radius 1 is 1.05 bits per heavy atom. The van der Waals surface area contributed by atoms with Gasteiger partial charge in [-0.3, -0.25) is 9.59 Å². The molecule has 3 N–H and O–H groups in total. The molecule has 200 valence electrons. The van der Waals surface area contributed by atoms with Gasteiger partial charge in [0.25, 0.3) is 0 Å². The van der Waals surface area contributed by atoms with Crippen molar-refractivity contribution in [2.45, 2.75) is 79.2 Å². The molecule has 9 heteroatoms. The summed E-state index contributed by atoms with van der Waals surface area (Å²) in [5.74, 6) is -2.39. The van der Waals surface area contributed by atoms with Crippen molar-refractivity contribution in [3.63, 3.8) is 0 Å².